The van der Waals surface area contributed by atoms with Crippen molar-refractivity contribution >= 4 is 17.5 Å². The Bertz CT molecular complexity index is 716. The zero-order chi connectivity index (χ0) is 15.1. The van der Waals surface area contributed by atoms with Crippen LogP contribution in [0.2, 0.25) is 5.02 Å². The minimum Gasteiger partial charge on any atom is -0.370 e. The summed E-state index contributed by atoms with van der Waals surface area (Å²) >= 11 is 6.24. The van der Waals surface area contributed by atoms with Crippen molar-refractivity contribution in [3.05, 3.63) is 70.2 Å². The number of rotatable bonds is 2. The standard InChI is InChI=1S/C18H16ClNO2/c19-15-8-4-7-13-14(15)11-22-16-10-20(18(21)17(13)16)9-12-5-2-1-3-6-12/h1-8,16-17H,9-11H2/t16?,17-/m0/s1. The molecule has 4 heteroatoms. The number of benzene rings is 2. The van der Waals surface area contributed by atoms with Crippen LogP contribution in [0.4, 0.5) is 0 Å². The van der Waals surface area contributed by atoms with Gasteiger partial charge in [0.25, 0.3) is 0 Å². The van der Waals surface area contributed by atoms with Gasteiger partial charge < -0.3 is 9.64 Å². The summed E-state index contributed by atoms with van der Waals surface area (Å²) < 4.78 is 5.90. The van der Waals surface area contributed by atoms with Crippen LogP contribution in [0.1, 0.15) is 22.6 Å². The molecule has 1 amide bonds. The Kier molecular flexibility index (Phi) is 3.40. The van der Waals surface area contributed by atoms with Crippen LogP contribution in [0.3, 0.4) is 0 Å². The van der Waals surface area contributed by atoms with E-state index >= 15 is 0 Å². The number of halogens is 1. The van der Waals surface area contributed by atoms with Gasteiger partial charge in [0, 0.05) is 23.7 Å². The fourth-order valence-electron chi connectivity index (χ4n) is 3.41. The van der Waals surface area contributed by atoms with E-state index in [1.807, 2.05) is 53.4 Å². The lowest BCUT2D eigenvalue weighted by atomic mass is 9.89. The van der Waals surface area contributed by atoms with Crippen molar-refractivity contribution in [2.24, 2.45) is 0 Å². The van der Waals surface area contributed by atoms with Crippen molar-refractivity contribution in [3.63, 3.8) is 0 Å². The Morgan fingerprint density at radius 1 is 1.14 bits per heavy atom. The molecule has 2 aliphatic rings. The number of fused-ring (bicyclic) bond motifs is 3. The molecule has 0 aromatic heterocycles. The average molecular weight is 314 g/mol. The van der Waals surface area contributed by atoms with Crippen molar-refractivity contribution in [3.8, 4) is 0 Å². The van der Waals surface area contributed by atoms with E-state index in [-0.39, 0.29) is 17.9 Å². The molecule has 22 heavy (non-hydrogen) atoms. The van der Waals surface area contributed by atoms with Crippen molar-refractivity contribution in [2.45, 2.75) is 25.2 Å². The normalized spacial score (nSPS) is 23.3. The maximum Gasteiger partial charge on any atom is 0.233 e. The van der Waals surface area contributed by atoms with E-state index in [1.54, 1.807) is 0 Å². The largest absolute Gasteiger partial charge is 0.370 e. The van der Waals surface area contributed by atoms with Gasteiger partial charge in [-0.05, 0) is 17.2 Å². The van der Waals surface area contributed by atoms with Gasteiger partial charge in [0.2, 0.25) is 5.91 Å². The Morgan fingerprint density at radius 2 is 1.95 bits per heavy atom. The topological polar surface area (TPSA) is 29.5 Å². The van der Waals surface area contributed by atoms with Crippen LogP contribution < -0.4 is 0 Å². The summed E-state index contributed by atoms with van der Waals surface area (Å²) in [5.74, 6) is -0.0803. The van der Waals surface area contributed by atoms with Crippen LogP contribution >= 0.6 is 11.6 Å². The van der Waals surface area contributed by atoms with Crippen molar-refractivity contribution in [2.75, 3.05) is 6.54 Å². The lowest BCUT2D eigenvalue weighted by Crippen LogP contribution is -2.28. The van der Waals surface area contributed by atoms with Gasteiger partial charge in [-0.25, -0.2) is 0 Å². The van der Waals surface area contributed by atoms with E-state index < -0.39 is 0 Å². The summed E-state index contributed by atoms with van der Waals surface area (Å²) in [4.78, 5) is 14.7. The van der Waals surface area contributed by atoms with Crippen LogP contribution in [0.5, 0.6) is 0 Å². The van der Waals surface area contributed by atoms with Crippen LogP contribution in [0.25, 0.3) is 0 Å². The van der Waals surface area contributed by atoms with E-state index in [2.05, 4.69) is 0 Å². The minimum atomic E-state index is -0.217. The molecule has 2 aromatic rings. The first-order valence-electron chi connectivity index (χ1n) is 7.45. The third-order valence-corrected chi connectivity index (χ3v) is 4.85. The number of carbonyl (C=O) groups excluding carboxylic acids is 1. The fourth-order valence-corrected chi connectivity index (χ4v) is 3.64. The van der Waals surface area contributed by atoms with Gasteiger partial charge in [0.15, 0.2) is 0 Å². The van der Waals surface area contributed by atoms with Gasteiger partial charge in [0.1, 0.15) is 0 Å². The molecule has 2 aliphatic heterocycles. The van der Waals surface area contributed by atoms with Crippen molar-refractivity contribution < 1.29 is 9.53 Å². The first-order chi connectivity index (χ1) is 10.7. The SMILES string of the molecule is O=C1[C@H]2c3cccc(Cl)c3COC2CN1Cc1ccccc1. The number of ether oxygens (including phenoxy) is 1. The molecule has 2 aromatic carbocycles. The minimum absolute atomic E-state index is 0.0674. The highest BCUT2D eigenvalue weighted by Gasteiger charge is 2.45. The summed E-state index contributed by atoms with van der Waals surface area (Å²) in [5.41, 5.74) is 3.13. The highest BCUT2D eigenvalue weighted by atomic mass is 35.5. The van der Waals surface area contributed by atoms with Crippen molar-refractivity contribution in [1.82, 2.24) is 4.90 Å². The molecule has 112 valence electrons. The molecule has 2 heterocycles. The highest BCUT2D eigenvalue weighted by molar-refractivity contribution is 6.31. The molecule has 1 unspecified atom stereocenters. The third kappa shape index (κ3) is 2.21. The maximum atomic E-state index is 12.8. The van der Waals surface area contributed by atoms with Gasteiger partial charge >= 0.3 is 0 Å². The number of hydrogen-bond acceptors (Lipinski definition) is 2. The molecule has 0 N–H and O–H groups in total. The van der Waals surface area contributed by atoms with Gasteiger partial charge in [-0.1, -0.05) is 54.1 Å². The second-order valence-corrected chi connectivity index (χ2v) is 6.25. The highest BCUT2D eigenvalue weighted by Crippen LogP contribution is 2.40. The van der Waals surface area contributed by atoms with E-state index in [4.69, 9.17) is 16.3 Å². The summed E-state index contributed by atoms with van der Waals surface area (Å²) in [5, 5.41) is 0.685. The fraction of sp³-hybridized carbons (Fsp3) is 0.278. The van der Waals surface area contributed by atoms with Crippen molar-refractivity contribution in [1.29, 1.82) is 0 Å². The summed E-state index contributed by atoms with van der Waals surface area (Å²) in [6.07, 6.45) is -0.0674. The number of likely N-dealkylation sites (tertiary alicyclic amines) is 1. The Balaban J connectivity index is 1.63. The van der Waals surface area contributed by atoms with Gasteiger partial charge in [-0.2, -0.15) is 0 Å². The first-order valence-corrected chi connectivity index (χ1v) is 7.83. The molecule has 0 spiro atoms. The smallest absolute Gasteiger partial charge is 0.233 e. The van der Waals surface area contributed by atoms with Crippen LogP contribution in [0, 0.1) is 0 Å². The third-order valence-electron chi connectivity index (χ3n) is 4.50. The molecular weight excluding hydrogens is 298 g/mol. The predicted octanol–water partition coefficient (Wildman–Crippen LogP) is 3.36. The van der Waals surface area contributed by atoms with Gasteiger partial charge in [-0.15, -0.1) is 0 Å². The molecular formula is C18H16ClNO2. The Morgan fingerprint density at radius 3 is 2.77 bits per heavy atom. The van der Waals surface area contributed by atoms with E-state index in [0.29, 0.717) is 24.7 Å². The molecule has 0 radical (unpaired) electrons. The lowest BCUT2D eigenvalue weighted by Gasteiger charge is -2.26. The molecule has 0 saturated carbocycles. The van der Waals surface area contributed by atoms with Crippen LogP contribution in [0.15, 0.2) is 48.5 Å². The van der Waals surface area contributed by atoms with E-state index in [1.165, 1.54) is 0 Å². The molecule has 1 fully saturated rings. The zero-order valence-electron chi connectivity index (χ0n) is 12.0. The maximum absolute atomic E-state index is 12.8. The summed E-state index contributed by atoms with van der Waals surface area (Å²) in [6.45, 7) is 1.76. The lowest BCUT2D eigenvalue weighted by molar-refractivity contribution is -0.130. The van der Waals surface area contributed by atoms with E-state index in [0.717, 1.165) is 16.7 Å². The van der Waals surface area contributed by atoms with Gasteiger partial charge in [0.05, 0.1) is 18.6 Å². The Hall–Kier alpha value is -1.84. The molecule has 0 aliphatic carbocycles. The Labute approximate surface area is 134 Å². The zero-order valence-corrected chi connectivity index (χ0v) is 12.8. The van der Waals surface area contributed by atoms with Crippen LogP contribution in [-0.4, -0.2) is 23.5 Å². The summed E-state index contributed by atoms with van der Waals surface area (Å²) in [6, 6.07) is 15.8. The second-order valence-electron chi connectivity index (χ2n) is 5.84. The van der Waals surface area contributed by atoms with Crippen LogP contribution in [-0.2, 0) is 22.7 Å². The quantitative estimate of drug-likeness (QED) is 0.851. The molecule has 2 atom stereocenters. The first kappa shape index (κ1) is 13.8. The number of amides is 1. The molecule has 0 bridgehead atoms. The summed E-state index contributed by atoms with van der Waals surface area (Å²) in [7, 11) is 0. The number of nitrogens with zero attached hydrogens (tertiary/aromatic N) is 1. The molecule has 1 saturated heterocycles. The van der Waals surface area contributed by atoms with Gasteiger partial charge in [-0.3, -0.25) is 4.79 Å². The average Bonchev–Trinajstić information content (AvgIpc) is 2.85. The number of hydrogen-bond donors (Lipinski definition) is 0. The monoisotopic (exact) mass is 313 g/mol. The molecule has 3 nitrogen and oxygen atoms in total. The predicted molar refractivity (Wildman–Crippen MR) is 84.6 cm³/mol. The second kappa shape index (κ2) is 5.41. The molecule has 4 rings (SSSR count). The van der Waals surface area contributed by atoms with E-state index in [9.17, 15) is 4.79 Å². The number of carbonyl (C=O) groups is 1.